The highest BCUT2D eigenvalue weighted by molar-refractivity contribution is 5.65. The number of alkyl halides is 4. The monoisotopic (exact) mass is 540 g/mol. The maximum Gasteiger partial charge on any atom is 0.461 e. The number of hydrogen-bond acceptors (Lipinski definition) is 9. The highest BCUT2D eigenvalue weighted by Crippen LogP contribution is 2.29. The molecule has 0 bridgehead atoms. The van der Waals surface area contributed by atoms with Crippen LogP contribution >= 0.6 is 0 Å². The quantitative estimate of drug-likeness (QED) is 0.193. The molecule has 0 unspecified atom stereocenters. The van der Waals surface area contributed by atoms with Crippen molar-refractivity contribution in [2.24, 2.45) is 5.73 Å². The Hall–Kier alpha value is -3.55. The van der Waals surface area contributed by atoms with Crippen LogP contribution in [-0.4, -0.2) is 68.0 Å². The number of benzene rings is 1. The van der Waals surface area contributed by atoms with Crippen molar-refractivity contribution >= 4 is 17.5 Å². The largest absolute Gasteiger partial charge is 0.461 e. The van der Waals surface area contributed by atoms with Gasteiger partial charge < -0.3 is 30.6 Å². The van der Waals surface area contributed by atoms with Crippen LogP contribution in [0.5, 0.6) is 5.75 Å². The van der Waals surface area contributed by atoms with Crippen LogP contribution < -0.4 is 21.1 Å². The highest BCUT2D eigenvalue weighted by atomic mass is 19.3. The third-order valence-electron chi connectivity index (χ3n) is 4.69. The Morgan fingerprint density at radius 3 is 2.39 bits per heavy atom. The lowest BCUT2D eigenvalue weighted by Crippen LogP contribution is -2.33. The average Bonchev–Trinajstić information content (AvgIpc) is 2.90. The zero-order valence-corrected chi connectivity index (χ0v) is 21.2. The molecule has 0 aliphatic heterocycles. The first-order valence-corrected chi connectivity index (χ1v) is 11.7. The van der Waals surface area contributed by atoms with Crippen molar-refractivity contribution in [2.45, 2.75) is 25.4 Å². The Balaban J connectivity index is 0.000000757. The summed E-state index contributed by atoms with van der Waals surface area (Å²) < 4.78 is 64.8. The van der Waals surface area contributed by atoms with E-state index < -0.39 is 18.3 Å². The maximum absolute atomic E-state index is 13.1. The van der Waals surface area contributed by atoms with Crippen molar-refractivity contribution in [2.75, 3.05) is 51.2 Å². The third kappa shape index (κ3) is 10.8. The van der Waals surface area contributed by atoms with E-state index in [4.69, 9.17) is 15.2 Å². The fraction of sp³-hybridized carbons (Fsp3) is 0.400. The van der Waals surface area contributed by atoms with Crippen LogP contribution in [0.15, 0.2) is 54.9 Å². The summed E-state index contributed by atoms with van der Waals surface area (Å²) in [5.74, 6) is 0.443. The van der Waals surface area contributed by atoms with E-state index in [2.05, 4.69) is 30.3 Å². The second-order valence-electron chi connectivity index (χ2n) is 7.72. The maximum atomic E-state index is 13.1. The molecule has 0 aliphatic carbocycles. The van der Waals surface area contributed by atoms with Gasteiger partial charge in [-0.25, -0.2) is 15.0 Å². The predicted molar refractivity (Wildman–Crippen MR) is 137 cm³/mol. The summed E-state index contributed by atoms with van der Waals surface area (Å²) in [5.41, 5.74) is 6.81. The highest BCUT2D eigenvalue weighted by Gasteiger charge is 2.44. The number of anilines is 3. The smallest absolute Gasteiger partial charge is 0.428 e. The van der Waals surface area contributed by atoms with Gasteiger partial charge in [-0.1, -0.05) is 6.07 Å². The minimum absolute atomic E-state index is 0.187. The van der Waals surface area contributed by atoms with E-state index in [0.29, 0.717) is 30.4 Å². The minimum atomic E-state index is -4.59. The molecule has 38 heavy (non-hydrogen) atoms. The molecule has 0 aliphatic rings. The van der Waals surface area contributed by atoms with Gasteiger partial charge in [-0.15, -0.1) is 0 Å². The van der Waals surface area contributed by atoms with Crippen LogP contribution in [0.2, 0.25) is 0 Å². The summed E-state index contributed by atoms with van der Waals surface area (Å²) in [6.07, 6.45) is -3.56. The van der Waals surface area contributed by atoms with Crippen molar-refractivity contribution in [1.82, 2.24) is 15.0 Å². The topological polar surface area (TPSA) is 116 Å². The molecule has 4 N–H and O–H groups in total. The zero-order chi connectivity index (χ0) is 27.8. The fourth-order valence-corrected chi connectivity index (χ4v) is 2.89. The molecule has 2 aromatic heterocycles. The van der Waals surface area contributed by atoms with Crippen LogP contribution in [0.25, 0.3) is 11.3 Å². The van der Waals surface area contributed by atoms with E-state index in [-0.39, 0.29) is 5.95 Å². The number of hydrogen-bond donors (Lipinski definition) is 3. The van der Waals surface area contributed by atoms with Crippen LogP contribution in [0.4, 0.5) is 35.0 Å². The lowest BCUT2D eigenvalue weighted by atomic mass is 10.2. The zero-order valence-electron chi connectivity index (χ0n) is 21.2. The summed E-state index contributed by atoms with van der Waals surface area (Å²) in [4.78, 5) is 12.8. The molecule has 9 nitrogen and oxygen atoms in total. The average molecular weight is 541 g/mol. The van der Waals surface area contributed by atoms with Crippen LogP contribution in [0.3, 0.4) is 0 Å². The molecule has 13 heteroatoms. The molecular weight excluding hydrogens is 508 g/mol. The summed E-state index contributed by atoms with van der Waals surface area (Å²) in [5, 5.41) is 6.05. The molecular formula is C25H32F4N6O3. The lowest BCUT2D eigenvalue weighted by molar-refractivity contribution is -0.253. The van der Waals surface area contributed by atoms with Crippen molar-refractivity contribution in [3.05, 3.63) is 54.9 Å². The number of pyridine rings is 1. The lowest BCUT2D eigenvalue weighted by Gasteiger charge is -2.17. The molecule has 208 valence electrons. The number of rotatable bonds is 14. The number of nitrogens with one attached hydrogen (secondary N) is 2. The summed E-state index contributed by atoms with van der Waals surface area (Å²) in [6.45, 7) is 2.86. The molecule has 2 heterocycles. The predicted octanol–water partition coefficient (Wildman–Crippen LogP) is 4.95. The molecule has 3 aromatic rings. The van der Waals surface area contributed by atoms with E-state index >= 15 is 0 Å². The first-order valence-electron chi connectivity index (χ1n) is 11.7. The van der Waals surface area contributed by atoms with E-state index in [1.807, 2.05) is 6.07 Å². The molecule has 1 aromatic carbocycles. The van der Waals surface area contributed by atoms with Gasteiger partial charge in [0.15, 0.2) is 0 Å². The van der Waals surface area contributed by atoms with E-state index in [9.17, 15) is 17.6 Å². The third-order valence-corrected chi connectivity index (χ3v) is 4.69. The van der Waals surface area contributed by atoms with Gasteiger partial charge in [-0.3, -0.25) is 0 Å². The van der Waals surface area contributed by atoms with Gasteiger partial charge in [0, 0.05) is 63.7 Å². The van der Waals surface area contributed by atoms with Crippen LogP contribution in [-0.2, 0) is 9.47 Å². The van der Waals surface area contributed by atoms with Gasteiger partial charge in [0.25, 0.3) is 0 Å². The second kappa shape index (κ2) is 16.3. The SMILES string of the molecule is COCCCN.COCCCNc1cc(-c2ccnc(Nc3cccc(OC(F)(F)C(F)F)c3)n2)ccn1. The molecule has 0 fully saturated rings. The minimum Gasteiger partial charge on any atom is -0.428 e. The first kappa shape index (κ1) is 30.7. The van der Waals surface area contributed by atoms with Gasteiger partial charge in [-0.05, 0) is 49.7 Å². The second-order valence-corrected chi connectivity index (χ2v) is 7.72. The van der Waals surface area contributed by atoms with Crippen molar-refractivity contribution < 1.29 is 31.8 Å². The fourth-order valence-electron chi connectivity index (χ4n) is 2.89. The van der Waals surface area contributed by atoms with Crippen LogP contribution in [0.1, 0.15) is 12.8 Å². The Labute approximate surface area is 218 Å². The number of nitrogens with zero attached hydrogens (tertiary/aromatic N) is 3. The molecule has 0 atom stereocenters. The number of methoxy groups -OCH3 is 2. The van der Waals surface area contributed by atoms with Gasteiger partial charge >= 0.3 is 12.5 Å². The van der Waals surface area contributed by atoms with E-state index in [1.54, 1.807) is 32.5 Å². The molecule has 0 radical (unpaired) electrons. The van der Waals surface area contributed by atoms with Gasteiger partial charge in [0.1, 0.15) is 11.6 Å². The van der Waals surface area contributed by atoms with Gasteiger partial charge in [-0.2, -0.15) is 17.6 Å². The summed E-state index contributed by atoms with van der Waals surface area (Å²) >= 11 is 0. The van der Waals surface area contributed by atoms with E-state index in [1.165, 1.54) is 18.3 Å². The Kier molecular flexibility index (Phi) is 13.2. The standard InChI is InChI=1S/C21H21F4N5O2.C4H11NO/c1-31-11-3-8-26-18-12-14(6-9-27-18)17-7-10-28-20(30-17)29-15-4-2-5-16(13-15)32-21(24,25)19(22)23;1-6-4-2-3-5/h2,4-7,9-10,12-13,19H,3,8,11H2,1H3,(H,26,27)(H,28,29,30);2-5H2,1H3. The van der Waals surface area contributed by atoms with Crippen molar-refractivity contribution in [3.63, 3.8) is 0 Å². The molecule has 0 amide bonds. The Bertz CT molecular complexity index is 1090. The number of ether oxygens (including phenoxy) is 3. The normalized spacial score (nSPS) is 11.1. The molecule has 0 saturated carbocycles. The molecule has 3 rings (SSSR count). The summed E-state index contributed by atoms with van der Waals surface area (Å²) in [7, 11) is 3.32. The van der Waals surface area contributed by atoms with Crippen molar-refractivity contribution in [3.8, 4) is 17.0 Å². The molecule has 0 saturated heterocycles. The molecule has 0 spiro atoms. The Morgan fingerprint density at radius 2 is 1.71 bits per heavy atom. The van der Waals surface area contributed by atoms with Crippen molar-refractivity contribution in [1.29, 1.82) is 0 Å². The summed E-state index contributed by atoms with van der Waals surface area (Å²) in [6, 6.07) is 10.5. The van der Waals surface area contributed by atoms with Gasteiger partial charge in [0.05, 0.1) is 5.69 Å². The number of nitrogens with two attached hydrogens (primary N) is 1. The Morgan fingerprint density at radius 1 is 0.974 bits per heavy atom. The number of aromatic nitrogens is 3. The van der Waals surface area contributed by atoms with E-state index in [0.717, 1.165) is 43.7 Å². The van der Waals surface area contributed by atoms with Crippen LogP contribution in [0, 0.1) is 0 Å². The first-order chi connectivity index (χ1) is 18.3. The van der Waals surface area contributed by atoms with Gasteiger partial charge in [0.2, 0.25) is 5.95 Å². The number of halogens is 4.